The highest BCUT2D eigenvalue weighted by Crippen LogP contribution is 2.32. The van der Waals surface area contributed by atoms with Crippen LogP contribution in [0.4, 0.5) is 11.4 Å². The number of piperidine rings is 1. The van der Waals surface area contributed by atoms with Gasteiger partial charge < -0.3 is 15.0 Å². The number of sulfonamides is 1. The van der Waals surface area contributed by atoms with Crippen molar-refractivity contribution in [2.75, 3.05) is 42.2 Å². The number of methoxy groups -OCH3 is 1. The predicted octanol–water partition coefficient (Wildman–Crippen LogP) is 4.23. The minimum absolute atomic E-state index is 0.218. The molecule has 0 aliphatic carbocycles. The van der Waals surface area contributed by atoms with Crippen LogP contribution in [0.1, 0.15) is 38.3 Å². The van der Waals surface area contributed by atoms with Gasteiger partial charge in [0.15, 0.2) is 0 Å². The van der Waals surface area contributed by atoms with Crippen LogP contribution in [0.25, 0.3) is 0 Å². The number of carbonyl (C=O) groups is 1. The summed E-state index contributed by atoms with van der Waals surface area (Å²) in [5.41, 5.74) is 2.35. The Labute approximate surface area is 201 Å². The topological polar surface area (TPSA) is 79.0 Å². The van der Waals surface area contributed by atoms with E-state index in [-0.39, 0.29) is 18.3 Å². The van der Waals surface area contributed by atoms with E-state index in [1.807, 2.05) is 19.1 Å². The molecule has 1 N–H and O–H groups in total. The Hall–Kier alpha value is -2.45. The number of halogens is 1. The minimum Gasteiger partial charge on any atom is -0.495 e. The fourth-order valence-electron chi connectivity index (χ4n) is 4.14. The molecule has 33 heavy (non-hydrogen) atoms. The molecule has 7 nitrogen and oxygen atoms in total. The molecule has 0 bridgehead atoms. The summed E-state index contributed by atoms with van der Waals surface area (Å²) in [5.74, 6) is 0.574. The smallest absolute Gasteiger partial charge is 0.241 e. The number of hydrogen-bond acceptors (Lipinski definition) is 5. The van der Waals surface area contributed by atoms with Gasteiger partial charge in [0.25, 0.3) is 0 Å². The molecule has 2 atom stereocenters. The highest BCUT2D eigenvalue weighted by molar-refractivity contribution is 7.92. The molecular formula is C24H32ClN3O4S. The second-order valence-electron chi connectivity index (χ2n) is 8.66. The summed E-state index contributed by atoms with van der Waals surface area (Å²) in [6.45, 7) is 5.88. The fourth-order valence-corrected chi connectivity index (χ4v) is 5.16. The van der Waals surface area contributed by atoms with Crippen molar-refractivity contribution in [2.24, 2.45) is 5.92 Å². The molecular weight excluding hydrogens is 462 g/mol. The fraction of sp³-hybridized carbons (Fsp3) is 0.458. The summed E-state index contributed by atoms with van der Waals surface area (Å²) in [4.78, 5) is 15.2. The lowest BCUT2D eigenvalue weighted by atomic mass is 9.99. The van der Waals surface area contributed by atoms with Crippen molar-refractivity contribution in [3.8, 4) is 5.75 Å². The van der Waals surface area contributed by atoms with Crippen LogP contribution < -0.4 is 19.3 Å². The zero-order valence-corrected chi connectivity index (χ0v) is 21.1. The standard InChI is InChI=1S/C24H32ClN3O4S/c1-17-6-5-13-27(15-17)21-10-7-19(8-11-21)18(2)26-24(29)16-28(33(4,30)31)22-14-20(25)9-12-23(22)32-3/h7-12,14,17-18H,5-6,13,15-16H2,1-4H3,(H,26,29). The van der Waals surface area contributed by atoms with Crippen LogP contribution >= 0.6 is 11.6 Å². The van der Waals surface area contributed by atoms with Crippen molar-refractivity contribution in [2.45, 2.75) is 32.7 Å². The van der Waals surface area contributed by atoms with E-state index >= 15 is 0 Å². The molecule has 180 valence electrons. The molecule has 0 aromatic heterocycles. The summed E-state index contributed by atoms with van der Waals surface area (Å²) >= 11 is 6.06. The number of nitrogens with zero attached hydrogens (tertiary/aromatic N) is 2. The van der Waals surface area contributed by atoms with Gasteiger partial charge in [0.1, 0.15) is 12.3 Å². The summed E-state index contributed by atoms with van der Waals surface area (Å²) in [5, 5.41) is 3.24. The van der Waals surface area contributed by atoms with Crippen molar-refractivity contribution in [1.29, 1.82) is 0 Å². The lowest BCUT2D eigenvalue weighted by Crippen LogP contribution is -2.41. The van der Waals surface area contributed by atoms with Crippen molar-refractivity contribution < 1.29 is 17.9 Å². The highest BCUT2D eigenvalue weighted by atomic mass is 35.5. The van der Waals surface area contributed by atoms with E-state index in [1.165, 1.54) is 31.7 Å². The van der Waals surface area contributed by atoms with Crippen LogP contribution in [0.2, 0.25) is 5.02 Å². The Kier molecular flexibility index (Phi) is 8.13. The van der Waals surface area contributed by atoms with Gasteiger partial charge in [-0.05, 0) is 61.6 Å². The average Bonchev–Trinajstić information content (AvgIpc) is 2.76. The molecule has 9 heteroatoms. The molecule has 0 radical (unpaired) electrons. The van der Waals surface area contributed by atoms with Crippen LogP contribution in [-0.4, -0.2) is 47.3 Å². The summed E-state index contributed by atoms with van der Waals surface area (Å²) in [6.07, 6.45) is 3.51. The van der Waals surface area contributed by atoms with Gasteiger partial charge in [0.2, 0.25) is 15.9 Å². The third-order valence-corrected chi connectivity index (χ3v) is 7.25. The van der Waals surface area contributed by atoms with Gasteiger partial charge in [0, 0.05) is 23.8 Å². The Morgan fingerprint density at radius 2 is 1.97 bits per heavy atom. The van der Waals surface area contributed by atoms with Gasteiger partial charge in [-0.3, -0.25) is 9.10 Å². The van der Waals surface area contributed by atoms with E-state index in [4.69, 9.17) is 16.3 Å². The summed E-state index contributed by atoms with van der Waals surface area (Å²) < 4.78 is 31.2. The number of hydrogen-bond donors (Lipinski definition) is 1. The van der Waals surface area contributed by atoms with E-state index in [0.29, 0.717) is 16.7 Å². The normalized spacial score (nSPS) is 17.4. The number of ether oxygens (including phenoxy) is 1. The van der Waals surface area contributed by atoms with E-state index in [0.717, 1.165) is 29.2 Å². The molecule has 2 aromatic rings. The highest BCUT2D eigenvalue weighted by Gasteiger charge is 2.25. The van der Waals surface area contributed by atoms with E-state index in [2.05, 4.69) is 29.3 Å². The zero-order chi connectivity index (χ0) is 24.2. The van der Waals surface area contributed by atoms with Crippen molar-refractivity contribution in [3.63, 3.8) is 0 Å². The quantitative estimate of drug-likeness (QED) is 0.595. The second kappa shape index (κ2) is 10.7. The number of anilines is 2. The van der Waals surface area contributed by atoms with E-state index in [9.17, 15) is 13.2 Å². The second-order valence-corrected chi connectivity index (χ2v) is 11.0. The third kappa shape index (κ3) is 6.54. The Morgan fingerprint density at radius 1 is 1.27 bits per heavy atom. The molecule has 1 heterocycles. The molecule has 2 unspecified atom stereocenters. The molecule has 1 aliphatic heterocycles. The first-order valence-corrected chi connectivity index (χ1v) is 13.3. The minimum atomic E-state index is -3.76. The first-order chi connectivity index (χ1) is 15.6. The van der Waals surface area contributed by atoms with Crippen LogP contribution in [0.3, 0.4) is 0 Å². The number of benzene rings is 2. The van der Waals surface area contributed by atoms with Crippen LogP contribution in [-0.2, 0) is 14.8 Å². The van der Waals surface area contributed by atoms with Gasteiger partial charge in [-0.25, -0.2) is 8.42 Å². The molecule has 0 spiro atoms. The largest absolute Gasteiger partial charge is 0.495 e. The zero-order valence-electron chi connectivity index (χ0n) is 19.5. The average molecular weight is 494 g/mol. The first-order valence-electron chi connectivity index (χ1n) is 11.0. The maximum atomic E-state index is 12.8. The van der Waals surface area contributed by atoms with E-state index < -0.39 is 15.9 Å². The van der Waals surface area contributed by atoms with Gasteiger partial charge in [-0.1, -0.05) is 30.7 Å². The summed E-state index contributed by atoms with van der Waals surface area (Å²) in [7, 11) is -2.32. The van der Waals surface area contributed by atoms with Gasteiger partial charge >= 0.3 is 0 Å². The number of rotatable bonds is 8. The van der Waals surface area contributed by atoms with Gasteiger partial charge in [-0.2, -0.15) is 0 Å². The van der Waals surface area contributed by atoms with Gasteiger partial charge in [-0.15, -0.1) is 0 Å². The number of amides is 1. The van der Waals surface area contributed by atoms with Crippen LogP contribution in [0.15, 0.2) is 42.5 Å². The number of carbonyl (C=O) groups excluding carboxylic acids is 1. The van der Waals surface area contributed by atoms with Crippen LogP contribution in [0, 0.1) is 5.92 Å². The Balaban J connectivity index is 1.70. The van der Waals surface area contributed by atoms with Crippen molar-refractivity contribution in [1.82, 2.24) is 5.32 Å². The molecule has 1 fully saturated rings. The molecule has 3 rings (SSSR count). The lowest BCUT2D eigenvalue weighted by Gasteiger charge is -2.33. The maximum Gasteiger partial charge on any atom is 0.241 e. The van der Waals surface area contributed by atoms with Crippen LogP contribution in [0.5, 0.6) is 5.75 Å². The van der Waals surface area contributed by atoms with E-state index in [1.54, 1.807) is 12.1 Å². The lowest BCUT2D eigenvalue weighted by molar-refractivity contribution is -0.120. The molecule has 2 aromatic carbocycles. The summed E-state index contributed by atoms with van der Waals surface area (Å²) in [6, 6.07) is 12.5. The SMILES string of the molecule is COc1ccc(Cl)cc1N(CC(=O)NC(C)c1ccc(N2CCCC(C)C2)cc1)S(C)(=O)=O. The van der Waals surface area contributed by atoms with Crippen molar-refractivity contribution in [3.05, 3.63) is 53.1 Å². The maximum absolute atomic E-state index is 12.8. The molecule has 1 aliphatic rings. The number of nitrogens with one attached hydrogen (secondary N) is 1. The van der Waals surface area contributed by atoms with Gasteiger partial charge in [0.05, 0.1) is 25.1 Å². The predicted molar refractivity (Wildman–Crippen MR) is 134 cm³/mol. The third-order valence-electron chi connectivity index (χ3n) is 5.89. The molecule has 0 saturated carbocycles. The monoisotopic (exact) mass is 493 g/mol. The molecule has 1 saturated heterocycles. The Morgan fingerprint density at radius 3 is 2.58 bits per heavy atom. The Bertz CT molecular complexity index is 1080. The first kappa shape index (κ1) is 25.2. The molecule has 1 amide bonds. The van der Waals surface area contributed by atoms with Crippen molar-refractivity contribution >= 4 is 38.9 Å².